The number of aliphatic hydroxyl groups excluding tert-OH is 1. The monoisotopic (exact) mass is 335 g/mol. The summed E-state index contributed by atoms with van der Waals surface area (Å²) in [6.45, 7) is 7.20. The first-order valence-electron chi connectivity index (χ1n) is 8.56. The fourth-order valence-electron chi connectivity index (χ4n) is 4.07. The molecule has 1 amide bonds. The summed E-state index contributed by atoms with van der Waals surface area (Å²) in [4.78, 5) is 31.8. The molecule has 4 atom stereocenters. The Bertz CT molecular complexity index is 611. The Morgan fingerprint density at radius 2 is 2.08 bits per heavy atom. The average Bonchev–Trinajstić information content (AvgIpc) is 3.06. The molecule has 2 fully saturated rings. The number of aliphatic hydroxyl groups is 1. The number of likely N-dealkylation sites (tertiary alicyclic amines) is 1. The molecule has 0 radical (unpaired) electrons. The highest BCUT2D eigenvalue weighted by Crippen LogP contribution is 2.47. The molecule has 0 bridgehead atoms. The van der Waals surface area contributed by atoms with E-state index < -0.39 is 18.0 Å². The molecule has 0 aromatic heterocycles. The Morgan fingerprint density at radius 3 is 2.67 bits per heavy atom. The van der Waals surface area contributed by atoms with Crippen molar-refractivity contribution in [3.8, 4) is 0 Å². The maximum Gasteiger partial charge on any atom is 0.352 e. The lowest BCUT2D eigenvalue weighted by atomic mass is 9.82. The van der Waals surface area contributed by atoms with Gasteiger partial charge in [0.1, 0.15) is 5.70 Å². The van der Waals surface area contributed by atoms with Crippen molar-refractivity contribution >= 4 is 18.2 Å². The van der Waals surface area contributed by atoms with Crippen LogP contribution < -0.4 is 0 Å². The third-order valence-corrected chi connectivity index (χ3v) is 5.21. The second-order valence-electron chi connectivity index (χ2n) is 7.26. The number of nitrogens with zero attached hydrogens (tertiary/aromatic N) is 3. The molecule has 0 unspecified atom stereocenters. The van der Waals surface area contributed by atoms with Gasteiger partial charge in [-0.2, -0.15) is 0 Å². The third kappa shape index (κ3) is 2.70. The molecule has 7 nitrogen and oxygen atoms in total. The average molecular weight is 335 g/mol. The first-order chi connectivity index (χ1) is 11.3. The molecule has 3 rings (SSSR count). The number of hydrogen-bond donors (Lipinski definition) is 2. The Kier molecular flexibility index (Phi) is 4.38. The second kappa shape index (κ2) is 6.20. The van der Waals surface area contributed by atoms with Crippen LogP contribution in [0, 0.1) is 11.8 Å². The standard InChI is InChI=1S/C17H25N3O4/c1-9(2)18-8-19-5-4-11(7-19)12-6-13-14(10(3)21)16(22)20(13)15(12)17(23)24/h8-11,13-14,21H,4-7H2,1-3H3,(H,23,24)/b18-8+/t10-,11-,13-,14-/m1/s1. The highest BCUT2D eigenvalue weighted by molar-refractivity contribution is 5.99. The molecular formula is C17H25N3O4. The number of β-lactam (4-membered cyclic amide) rings is 1. The molecule has 0 spiro atoms. The van der Waals surface area contributed by atoms with Crippen molar-refractivity contribution in [1.29, 1.82) is 0 Å². The number of carbonyl (C=O) groups is 2. The van der Waals surface area contributed by atoms with E-state index in [1.54, 1.807) is 6.92 Å². The smallest absolute Gasteiger partial charge is 0.352 e. The summed E-state index contributed by atoms with van der Waals surface area (Å²) in [5.41, 5.74) is 0.999. The SMILES string of the molecule is CC(C)/N=C/N1CC[C@@H](C2=C(C(=O)O)N3C(=O)[C@H]([C@@H](C)O)[C@H]3C2)C1. The zero-order chi connectivity index (χ0) is 17.6. The zero-order valence-electron chi connectivity index (χ0n) is 14.3. The highest BCUT2D eigenvalue weighted by atomic mass is 16.4. The van der Waals surface area contributed by atoms with Crippen molar-refractivity contribution in [2.75, 3.05) is 13.1 Å². The highest BCUT2D eigenvalue weighted by Gasteiger charge is 2.57. The van der Waals surface area contributed by atoms with Gasteiger partial charge in [0.15, 0.2) is 0 Å². The number of carbonyl (C=O) groups excluding carboxylic acids is 1. The molecule has 3 aliphatic rings. The maximum absolute atomic E-state index is 12.2. The van der Waals surface area contributed by atoms with Gasteiger partial charge >= 0.3 is 5.97 Å². The number of amides is 1. The predicted octanol–water partition coefficient (Wildman–Crippen LogP) is 0.695. The molecule has 7 heteroatoms. The van der Waals surface area contributed by atoms with Crippen molar-refractivity contribution in [1.82, 2.24) is 9.80 Å². The summed E-state index contributed by atoms with van der Waals surface area (Å²) in [6.07, 6.45) is 2.53. The Labute approximate surface area is 141 Å². The van der Waals surface area contributed by atoms with Gasteiger partial charge in [-0.1, -0.05) is 0 Å². The Morgan fingerprint density at radius 1 is 1.38 bits per heavy atom. The summed E-state index contributed by atoms with van der Waals surface area (Å²) in [5, 5.41) is 19.4. The summed E-state index contributed by atoms with van der Waals surface area (Å²) >= 11 is 0. The van der Waals surface area contributed by atoms with Gasteiger partial charge in [0.05, 0.1) is 24.4 Å². The Hall–Kier alpha value is -1.89. The minimum absolute atomic E-state index is 0.128. The van der Waals surface area contributed by atoms with E-state index >= 15 is 0 Å². The maximum atomic E-state index is 12.2. The van der Waals surface area contributed by atoms with Gasteiger partial charge in [-0.15, -0.1) is 0 Å². The summed E-state index contributed by atoms with van der Waals surface area (Å²) in [6, 6.07) is 0.0349. The van der Waals surface area contributed by atoms with Crippen LogP contribution in [0.15, 0.2) is 16.3 Å². The van der Waals surface area contributed by atoms with E-state index in [2.05, 4.69) is 9.89 Å². The quantitative estimate of drug-likeness (QED) is 0.438. The lowest BCUT2D eigenvalue weighted by molar-refractivity contribution is -0.161. The fourth-order valence-corrected chi connectivity index (χ4v) is 4.07. The van der Waals surface area contributed by atoms with Gasteiger partial charge in [0.25, 0.3) is 0 Å². The van der Waals surface area contributed by atoms with Gasteiger partial charge in [-0.25, -0.2) is 4.79 Å². The molecule has 3 heterocycles. The Balaban J connectivity index is 1.78. The number of hydrogen-bond acceptors (Lipinski definition) is 4. The van der Waals surface area contributed by atoms with Crippen LogP contribution in [0.2, 0.25) is 0 Å². The molecule has 132 valence electrons. The van der Waals surface area contributed by atoms with E-state index in [4.69, 9.17) is 0 Å². The number of carboxylic acids is 1. The van der Waals surface area contributed by atoms with E-state index in [-0.39, 0.29) is 29.6 Å². The lowest BCUT2D eigenvalue weighted by Crippen LogP contribution is -2.61. The number of rotatable bonds is 5. The van der Waals surface area contributed by atoms with E-state index in [0.29, 0.717) is 6.42 Å². The van der Waals surface area contributed by atoms with Crippen LogP contribution >= 0.6 is 0 Å². The van der Waals surface area contributed by atoms with Crippen molar-refractivity contribution in [2.24, 2.45) is 16.8 Å². The predicted molar refractivity (Wildman–Crippen MR) is 88.4 cm³/mol. The molecule has 0 aliphatic carbocycles. The zero-order valence-corrected chi connectivity index (χ0v) is 14.3. The van der Waals surface area contributed by atoms with Crippen LogP contribution in [0.25, 0.3) is 0 Å². The third-order valence-electron chi connectivity index (χ3n) is 5.21. The van der Waals surface area contributed by atoms with Crippen LogP contribution in [-0.4, -0.2) is 69.5 Å². The van der Waals surface area contributed by atoms with Gasteiger partial charge in [0.2, 0.25) is 5.91 Å². The molecule has 0 aromatic rings. The van der Waals surface area contributed by atoms with E-state index in [1.165, 1.54) is 4.90 Å². The van der Waals surface area contributed by atoms with Gasteiger partial charge in [-0.05, 0) is 39.2 Å². The van der Waals surface area contributed by atoms with E-state index in [9.17, 15) is 19.8 Å². The number of carboxylic acid groups (broad SMARTS) is 1. The molecule has 3 aliphatic heterocycles. The number of aliphatic carboxylic acids is 1. The lowest BCUT2D eigenvalue weighted by Gasteiger charge is -2.44. The summed E-state index contributed by atoms with van der Waals surface area (Å²) < 4.78 is 0. The minimum atomic E-state index is -1.04. The van der Waals surface area contributed by atoms with Crippen molar-refractivity contribution < 1.29 is 19.8 Å². The van der Waals surface area contributed by atoms with Gasteiger partial charge < -0.3 is 20.0 Å². The van der Waals surface area contributed by atoms with Gasteiger partial charge in [0, 0.05) is 25.0 Å². The van der Waals surface area contributed by atoms with Gasteiger partial charge in [-0.3, -0.25) is 9.79 Å². The molecule has 24 heavy (non-hydrogen) atoms. The van der Waals surface area contributed by atoms with Crippen LogP contribution in [-0.2, 0) is 9.59 Å². The van der Waals surface area contributed by atoms with Crippen LogP contribution in [0.5, 0.6) is 0 Å². The molecular weight excluding hydrogens is 310 g/mol. The van der Waals surface area contributed by atoms with Crippen LogP contribution in [0.3, 0.4) is 0 Å². The van der Waals surface area contributed by atoms with Crippen molar-refractivity contribution in [2.45, 2.75) is 51.8 Å². The molecule has 0 aromatic carbocycles. The molecule has 2 N–H and O–H groups in total. The largest absolute Gasteiger partial charge is 0.477 e. The first kappa shape index (κ1) is 17.0. The fraction of sp³-hybridized carbons (Fsp3) is 0.706. The van der Waals surface area contributed by atoms with Crippen molar-refractivity contribution in [3.05, 3.63) is 11.3 Å². The van der Waals surface area contributed by atoms with E-state index in [0.717, 1.165) is 25.1 Å². The molecule has 2 saturated heterocycles. The van der Waals surface area contributed by atoms with Crippen LogP contribution in [0.4, 0.5) is 0 Å². The molecule has 0 saturated carbocycles. The topological polar surface area (TPSA) is 93.4 Å². The van der Waals surface area contributed by atoms with E-state index in [1.807, 2.05) is 20.2 Å². The first-order valence-corrected chi connectivity index (χ1v) is 8.56. The summed E-state index contributed by atoms with van der Waals surface area (Å²) in [7, 11) is 0. The normalized spacial score (nSPS) is 31.2. The second-order valence-corrected chi connectivity index (χ2v) is 7.26. The number of fused-ring (bicyclic) bond motifs is 1. The van der Waals surface area contributed by atoms with Crippen molar-refractivity contribution in [3.63, 3.8) is 0 Å². The van der Waals surface area contributed by atoms with Crippen LogP contribution in [0.1, 0.15) is 33.6 Å². The number of aliphatic imine (C=N–C) groups is 1. The minimum Gasteiger partial charge on any atom is -0.477 e. The summed E-state index contributed by atoms with van der Waals surface area (Å²) in [5.74, 6) is -1.66.